The zero-order valence-corrected chi connectivity index (χ0v) is 11.6. The van der Waals surface area contributed by atoms with E-state index in [1.165, 1.54) is 0 Å². The molecule has 0 radical (unpaired) electrons. The largest absolute Gasteiger partial charge is 0.388 e. The van der Waals surface area contributed by atoms with Crippen molar-refractivity contribution in [2.75, 3.05) is 6.54 Å². The molecule has 3 unspecified atom stereocenters. The van der Waals surface area contributed by atoms with Crippen molar-refractivity contribution in [3.05, 3.63) is 18.0 Å². The van der Waals surface area contributed by atoms with Crippen LogP contribution in [0.1, 0.15) is 57.7 Å². The molecular formula is C14H25N3O. The van der Waals surface area contributed by atoms with Crippen molar-refractivity contribution < 1.29 is 5.11 Å². The number of nitrogens with two attached hydrogens (primary N) is 1. The van der Waals surface area contributed by atoms with Crippen LogP contribution in [0.5, 0.6) is 0 Å². The maximum Gasteiger partial charge on any atom is 0.0888 e. The molecule has 0 spiro atoms. The van der Waals surface area contributed by atoms with E-state index in [-0.39, 0.29) is 5.41 Å². The fourth-order valence-corrected chi connectivity index (χ4v) is 3.11. The highest BCUT2D eigenvalue weighted by Crippen LogP contribution is 2.49. The number of aliphatic hydroxyl groups excluding tert-OH is 1. The summed E-state index contributed by atoms with van der Waals surface area (Å²) in [6, 6.07) is 0.322. The lowest BCUT2D eigenvalue weighted by molar-refractivity contribution is 0.0307. The summed E-state index contributed by atoms with van der Waals surface area (Å²) in [6.07, 6.45) is 6.43. The average molecular weight is 251 g/mol. The lowest BCUT2D eigenvalue weighted by atomic mass is 9.77. The minimum Gasteiger partial charge on any atom is -0.388 e. The molecule has 1 aromatic rings. The molecule has 1 aliphatic rings. The molecule has 1 heterocycles. The normalized spacial score (nSPS) is 30.0. The maximum atomic E-state index is 10.7. The Hall–Kier alpha value is -0.870. The van der Waals surface area contributed by atoms with E-state index in [4.69, 9.17) is 5.73 Å². The number of nitrogens with zero attached hydrogens (tertiary/aromatic N) is 2. The molecule has 1 aromatic heterocycles. The van der Waals surface area contributed by atoms with Crippen molar-refractivity contribution in [1.82, 2.24) is 9.78 Å². The van der Waals surface area contributed by atoms with Crippen LogP contribution in [0.3, 0.4) is 0 Å². The van der Waals surface area contributed by atoms with Gasteiger partial charge in [0.15, 0.2) is 0 Å². The van der Waals surface area contributed by atoms with Gasteiger partial charge in [-0.25, -0.2) is 0 Å². The fraction of sp³-hybridized carbons (Fsp3) is 0.786. The Morgan fingerprint density at radius 2 is 2.33 bits per heavy atom. The lowest BCUT2D eigenvalue weighted by Crippen LogP contribution is -2.34. The highest BCUT2D eigenvalue weighted by molar-refractivity contribution is 5.14. The molecule has 1 aliphatic carbocycles. The third kappa shape index (κ3) is 2.31. The van der Waals surface area contributed by atoms with E-state index < -0.39 is 6.10 Å². The van der Waals surface area contributed by atoms with Gasteiger partial charge in [0.1, 0.15) is 0 Å². The van der Waals surface area contributed by atoms with Gasteiger partial charge >= 0.3 is 0 Å². The number of rotatable bonds is 4. The van der Waals surface area contributed by atoms with E-state index in [0.29, 0.717) is 18.5 Å². The minimum absolute atomic E-state index is 0.149. The van der Waals surface area contributed by atoms with Crippen molar-refractivity contribution in [2.24, 2.45) is 17.1 Å². The van der Waals surface area contributed by atoms with Crippen molar-refractivity contribution in [1.29, 1.82) is 0 Å². The first-order chi connectivity index (χ1) is 8.48. The molecule has 1 fully saturated rings. The third-order valence-electron chi connectivity index (χ3n) is 4.34. The summed E-state index contributed by atoms with van der Waals surface area (Å²) in [5.74, 6) is 0.656. The van der Waals surface area contributed by atoms with Gasteiger partial charge in [-0.2, -0.15) is 5.10 Å². The second kappa shape index (κ2) is 5.02. The van der Waals surface area contributed by atoms with Gasteiger partial charge in [0.05, 0.1) is 12.3 Å². The van der Waals surface area contributed by atoms with E-state index in [1.54, 1.807) is 6.20 Å². The molecule has 0 amide bonds. The van der Waals surface area contributed by atoms with Crippen LogP contribution in [0.2, 0.25) is 0 Å². The van der Waals surface area contributed by atoms with Crippen LogP contribution in [-0.2, 0) is 0 Å². The second-order valence-electron chi connectivity index (χ2n) is 6.16. The average Bonchev–Trinajstić information content (AvgIpc) is 2.95. The van der Waals surface area contributed by atoms with Crippen LogP contribution in [0.25, 0.3) is 0 Å². The monoisotopic (exact) mass is 251 g/mol. The Balaban J connectivity index is 2.20. The number of aromatic nitrogens is 2. The van der Waals surface area contributed by atoms with Gasteiger partial charge in [-0.3, -0.25) is 4.68 Å². The minimum atomic E-state index is -0.486. The van der Waals surface area contributed by atoms with Crippen molar-refractivity contribution in [2.45, 2.75) is 52.2 Å². The van der Waals surface area contributed by atoms with Crippen LogP contribution in [0.4, 0.5) is 0 Å². The van der Waals surface area contributed by atoms with Crippen LogP contribution in [-0.4, -0.2) is 21.4 Å². The van der Waals surface area contributed by atoms with Gasteiger partial charge in [-0.05, 0) is 32.6 Å². The summed E-state index contributed by atoms with van der Waals surface area (Å²) in [4.78, 5) is 0. The Labute approximate surface area is 109 Å². The molecule has 18 heavy (non-hydrogen) atoms. The lowest BCUT2D eigenvalue weighted by Gasteiger charge is -2.32. The van der Waals surface area contributed by atoms with Crippen LogP contribution in [0, 0.1) is 11.3 Å². The van der Waals surface area contributed by atoms with E-state index in [2.05, 4.69) is 25.9 Å². The highest BCUT2D eigenvalue weighted by Gasteiger charge is 2.43. The summed E-state index contributed by atoms with van der Waals surface area (Å²) in [5, 5.41) is 15.0. The molecule has 0 aliphatic heterocycles. The Kier molecular flexibility index (Phi) is 3.78. The first-order valence-electron chi connectivity index (χ1n) is 6.90. The second-order valence-corrected chi connectivity index (χ2v) is 6.16. The number of aliphatic hydroxyl groups is 1. The Bertz CT molecular complexity index is 401. The van der Waals surface area contributed by atoms with Crippen molar-refractivity contribution >= 4 is 0 Å². The Morgan fingerprint density at radius 3 is 2.78 bits per heavy atom. The molecule has 4 heteroatoms. The van der Waals surface area contributed by atoms with Crippen LogP contribution >= 0.6 is 0 Å². The number of hydrogen-bond acceptors (Lipinski definition) is 3. The van der Waals surface area contributed by atoms with E-state index in [0.717, 1.165) is 24.8 Å². The summed E-state index contributed by atoms with van der Waals surface area (Å²) < 4.78 is 1.89. The zero-order chi connectivity index (χ0) is 13.3. The molecule has 2 rings (SSSR count). The quantitative estimate of drug-likeness (QED) is 0.862. The van der Waals surface area contributed by atoms with Crippen LogP contribution < -0.4 is 5.73 Å². The predicted molar refractivity (Wildman–Crippen MR) is 72.1 cm³/mol. The number of hydrogen-bond donors (Lipinski definition) is 2. The van der Waals surface area contributed by atoms with Crippen molar-refractivity contribution in [3.63, 3.8) is 0 Å². The first kappa shape index (κ1) is 13.6. The molecule has 1 saturated carbocycles. The molecule has 0 bridgehead atoms. The van der Waals surface area contributed by atoms with E-state index in [9.17, 15) is 5.11 Å². The van der Waals surface area contributed by atoms with Gasteiger partial charge in [-0.15, -0.1) is 0 Å². The van der Waals surface area contributed by atoms with Gasteiger partial charge < -0.3 is 10.8 Å². The van der Waals surface area contributed by atoms with Crippen LogP contribution in [0.15, 0.2) is 12.4 Å². The van der Waals surface area contributed by atoms with Gasteiger partial charge in [0.25, 0.3) is 0 Å². The van der Waals surface area contributed by atoms with Gasteiger partial charge in [0.2, 0.25) is 0 Å². The van der Waals surface area contributed by atoms with Gasteiger partial charge in [0, 0.05) is 29.8 Å². The smallest absolute Gasteiger partial charge is 0.0888 e. The molecular weight excluding hydrogens is 226 g/mol. The predicted octanol–water partition coefficient (Wildman–Crippen LogP) is 2.26. The highest BCUT2D eigenvalue weighted by atomic mass is 16.3. The zero-order valence-electron chi connectivity index (χ0n) is 11.6. The van der Waals surface area contributed by atoms with E-state index in [1.807, 2.05) is 10.9 Å². The molecule has 3 N–H and O–H groups in total. The standard InChI is InChI=1S/C14H25N3O/c1-10(2)17-8-12(7-16-17)13(18)14(9-15)5-4-11(3)6-14/h7-8,10-11,13,18H,4-6,9,15H2,1-3H3. The molecule has 0 aromatic carbocycles. The molecule has 102 valence electrons. The molecule has 4 nitrogen and oxygen atoms in total. The fourth-order valence-electron chi connectivity index (χ4n) is 3.11. The summed E-state index contributed by atoms with van der Waals surface area (Å²) in [5.41, 5.74) is 6.71. The molecule has 0 saturated heterocycles. The summed E-state index contributed by atoms with van der Waals surface area (Å²) in [6.45, 7) is 6.95. The van der Waals surface area contributed by atoms with Crippen molar-refractivity contribution in [3.8, 4) is 0 Å². The summed E-state index contributed by atoms with van der Waals surface area (Å²) in [7, 11) is 0. The maximum absolute atomic E-state index is 10.7. The Morgan fingerprint density at radius 1 is 1.61 bits per heavy atom. The SMILES string of the molecule is CC1CCC(CN)(C(O)c2cnn(C(C)C)c2)C1. The first-order valence-corrected chi connectivity index (χ1v) is 6.90. The van der Waals surface area contributed by atoms with Gasteiger partial charge in [-0.1, -0.05) is 13.3 Å². The van der Waals surface area contributed by atoms with E-state index >= 15 is 0 Å². The third-order valence-corrected chi connectivity index (χ3v) is 4.34. The molecule has 3 atom stereocenters. The topological polar surface area (TPSA) is 64.1 Å². The summed E-state index contributed by atoms with van der Waals surface area (Å²) >= 11 is 0.